The molecule has 0 rings (SSSR count). The Labute approximate surface area is 79.5 Å². The van der Waals surface area contributed by atoms with Crippen LogP contribution in [0.5, 0.6) is 0 Å². The molecule has 0 aromatic rings. The van der Waals surface area contributed by atoms with Crippen LogP contribution in [0.3, 0.4) is 0 Å². The number of nitrogens with one attached hydrogen (secondary N) is 1. The maximum absolute atomic E-state index is 10.9. The van der Waals surface area contributed by atoms with E-state index in [1.54, 1.807) is 0 Å². The highest BCUT2D eigenvalue weighted by Gasteiger charge is 2.04. The van der Waals surface area contributed by atoms with Gasteiger partial charge in [0.1, 0.15) is 6.54 Å². The second-order valence-corrected chi connectivity index (χ2v) is 2.83. The molecule has 7 heteroatoms. The molecule has 0 aromatic carbocycles. The third-order valence-corrected chi connectivity index (χ3v) is 1.62. The monoisotopic (exact) mass is 206 g/mol. The molecule has 6 nitrogen and oxygen atoms in total. The number of methoxy groups -OCH3 is 1. The summed E-state index contributed by atoms with van der Waals surface area (Å²) in [6.45, 7) is -0.144. The van der Waals surface area contributed by atoms with Crippen LogP contribution in [0.4, 0.5) is 0 Å². The normalized spacial score (nSPS) is 9.00. The van der Waals surface area contributed by atoms with Crippen molar-refractivity contribution < 1.29 is 14.3 Å². The van der Waals surface area contributed by atoms with E-state index in [9.17, 15) is 14.5 Å². The van der Waals surface area contributed by atoms with Gasteiger partial charge < -0.3 is 10.1 Å². The zero-order valence-electron chi connectivity index (χ0n) is 7.11. The van der Waals surface area contributed by atoms with Gasteiger partial charge in [-0.2, -0.15) is 0 Å². The lowest BCUT2D eigenvalue weighted by Crippen LogP contribution is -2.30. The molecule has 0 unspecified atom stereocenters. The van der Waals surface area contributed by atoms with Gasteiger partial charge in [-0.25, -0.2) is 0 Å². The lowest BCUT2D eigenvalue weighted by Gasteiger charge is -2.01. The SMILES string of the molecule is COC(=O)CNC(=O)CCSN=O. The molecule has 0 saturated carbocycles. The van der Waals surface area contributed by atoms with Gasteiger partial charge >= 0.3 is 5.97 Å². The molecule has 1 N–H and O–H groups in total. The summed E-state index contributed by atoms with van der Waals surface area (Å²) in [7, 11) is 1.24. The first-order valence-corrected chi connectivity index (χ1v) is 4.43. The summed E-state index contributed by atoms with van der Waals surface area (Å²) in [6.07, 6.45) is 0.160. The number of amides is 1. The minimum Gasteiger partial charge on any atom is -0.468 e. The predicted molar refractivity (Wildman–Crippen MR) is 47.9 cm³/mol. The Kier molecular flexibility index (Phi) is 6.89. The predicted octanol–water partition coefficient (Wildman–Crippen LogP) is 0.0803. The third-order valence-electron chi connectivity index (χ3n) is 1.13. The van der Waals surface area contributed by atoms with E-state index in [1.165, 1.54) is 7.11 Å². The minimum atomic E-state index is -0.505. The molecule has 74 valence electrons. The van der Waals surface area contributed by atoms with Gasteiger partial charge in [0.15, 0.2) is 0 Å². The third kappa shape index (κ3) is 7.26. The minimum absolute atomic E-state index is 0.144. The number of carbonyl (C=O) groups excluding carboxylic acids is 2. The Bertz CT molecular complexity index is 197. The van der Waals surface area contributed by atoms with E-state index in [1.807, 2.05) is 0 Å². The molecule has 0 atom stereocenters. The van der Waals surface area contributed by atoms with Crippen molar-refractivity contribution in [2.24, 2.45) is 4.58 Å². The van der Waals surface area contributed by atoms with Crippen molar-refractivity contribution in [2.45, 2.75) is 6.42 Å². The fraction of sp³-hybridized carbons (Fsp3) is 0.667. The number of hydrogen-bond donors (Lipinski definition) is 1. The number of ether oxygens (including phenoxy) is 1. The van der Waals surface area contributed by atoms with Crippen molar-refractivity contribution in [3.05, 3.63) is 4.91 Å². The van der Waals surface area contributed by atoms with E-state index in [4.69, 9.17) is 0 Å². The highest BCUT2D eigenvalue weighted by atomic mass is 32.2. The van der Waals surface area contributed by atoms with E-state index in [2.05, 4.69) is 14.6 Å². The summed E-state index contributed by atoms with van der Waals surface area (Å²) >= 11 is 0.769. The standard InChI is InChI=1S/C6H10N2O4S/c1-12-6(10)4-7-5(9)2-3-13-8-11/h2-4H2,1H3,(H,7,9). The van der Waals surface area contributed by atoms with Gasteiger partial charge in [-0.3, -0.25) is 9.59 Å². The molecular weight excluding hydrogens is 196 g/mol. The van der Waals surface area contributed by atoms with Gasteiger partial charge in [-0.1, -0.05) is 0 Å². The molecule has 0 saturated heterocycles. The molecular formula is C6H10N2O4S. The Morgan fingerprint density at radius 2 is 2.23 bits per heavy atom. The molecule has 0 radical (unpaired) electrons. The van der Waals surface area contributed by atoms with E-state index in [-0.39, 0.29) is 18.9 Å². The van der Waals surface area contributed by atoms with Crippen LogP contribution in [0.15, 0.2) is 4.58 Å². The van der Waals surface area contributed by atoms with E-state index >= 15 is 0 Å². The summed E-state index contributed by atoms with van der Waals surface area (Å²) < 4.78 is 6.81. The average Bonchev–Trinajstić information content (AvgIpc) is 2.14. The van der Waals surface area contributed by atoms with Gasteiger partial charge in [0.2, 0.25) is 5.91 Å². The number of esters is 1. The molecule has 0 heterocycles. The lowest BCUT2D eigenvalue weighted by molar-refractivity contribution is -0.141. The number of rotatable bonds is 6. The molecule has 0 fully saturated rings. The van der Waals surface area contributed by atoms with Crippen molar-refractivity contribution in [3.8, 4) is 0 Å². The van der Waals surface area contributed by atoms with Crippen LogP contribution in [0.25, 0.3) is 0 Å². The number of hydrogen-bond acceptors (Lipinski definition) is 6. The molecule has 0 aliphatic heterocycles. The number of carbonyl (C=O) groups is 2. The molecule has 0 bridgehead atoms. The first-order valence-electron chi connectivity index (χ1n) is 3.49. The highest BCUT2D eigenvalue weighted by molar-refractivity contribution is 7.97. The van der Waals surface area contributed by atoms with Crippen LogP contribution < -0.4 is 5.32 Å². The Morgan fingerprint density at radius 1 is 1.54 bits per heavy atom. The van der Waals surface area contributed by atoms with Crippen molar-refractivity contribution in [1.82, 2.24) is 5.32 Å². The summed E-state index contributed by atoms with van der Waals surface area (Å²) in [4.78, 5) is 31.0. The summed E-state index contributed by atoms with van der Waals surface area (Å²) in [5, 5.41) is 2.32. The van der Waals surface area contributed by atoms with Gasteiger partial charge in [0.25, 0.3) is 0 Å². The van der Waals surface area contributed by atoms with Crippen molar-refractivity contribution in [2.75, 3.05) is 19.4 Å². The largest absolute Gasteiger partial charge is 0.468 e. The molecule has 0 spiro atoms. The fourth-order valence-corrected chi connectivity index (χ4v) is 0.858. The lowest BCUT2D eigenvalue weighted by atomic mass is 10.4. The maximum atomic E-state index is 10.9. The van der Waals surface area contributed by atoms with E-state index in [0.717, 1.165) is 11.9 Å². The molecule has 0 aliphatic carbocycles. The van der Waals surface area contributed by atoms with Crippen LogP contribution in [-0.2, 0) is 14.3 Å². The first-order chi connectivity index (χ1) is 6.20. The van der Waals surface area contributed by atoms with Crippen molar-refractivity contribution >= 4 is 23.8 Å². The van der Waals surface area contributed by atoms with Crippen LogP contribution in [0.1, 0.15) is 6.42 Å². The second-order valence-electron chi connectivity index (χ2n) is 2.01. The molecule has 1 amide bonds. The summed E-state index contributed by atoms with van der Waals surface area (Å²) in [5.41, 5.74) is 0. The smallest absolute Gasteiger partial charge is 0.325 e. The number of nitrogens with zero attached hydrogens (tertiary/aromatic N) is 1. The topological polar surface area (TPSA) is 84.8 Å². The molecule has 13 heavy (non-hydrogen) atoms. The fourth-order valence-electron chi connectivity index (χ4n) is 0.507. The van der Waals surface area contributed by atoms with Crippen molar-refractivity contribution in [1.29, 1.82) is 0 Å². The zero-order valence-corrected chi connectivity index (χ0v) is 7.93. The molecule has 0 aromatic heterocycles. The van der Waals surface area contributed by atoms with Crippen LogP contribution in [0.2, 0.25) is 0 Å². The van der Waals surface area contributed by atoms with Crippen LogP contribution in [-0.4, -0.2) is 31.3 Å². The summed E-state index contributed by atoms with van der Waals surface area (Å²) in [5.74, 6) is -0.493. The number of nitroso groups, excluding NO2 is 1. The second kappa shape index (κ2) is 7.53. The highest BCUT2D eigenvalue weighted by Crippen LogP contribution is 2.01. The van der Waals surface area contributed by atoms with Crippen LogP contribution in [0, 0.1) is 4.91 Å². The Hall–Kier alpha value is -1.11. The Balaban J connectivity index is 3.40. The summed E-state index contributed by atoms with van der Waals surface area (Å²) in [6, 6.07) is 0. The van der Waals surface area contributed by atoms with Crippen LogP contribution >= 0.6 is 11.9 Å². The van der Waals surface area contributed by atoms with Gasteiger partial charge in [-0.05, 0) is 0 Å². The first kappa shape index (κ1) is 11.9. The van der Waals surface area contributed by atoms with E-state index in [0.29, 0.717) is 5.75 Å². The Morgan fingerprint density at radius 3 is 2.77 bits per heavy atom. The molecule has 0 aliphatic rings. The van der Waals surface area contributed by atoms with Gasteiger partial charge in [-0.15, -0.1) is 4.91 Å². The quantitative estimate of drug-likeness (QED) is 0.288. The van der Waals surface area contributed by atoms with E-state index < -0.39 is 5.97 Å². The van der Waals surface area contributed by atoms with Gasteiger partial charge in [0.05, 0.1) is 7.11 Å². The van der Waals surface area contributed by atoms with Crippen molar-refractivity contribution in [3.63, 3.8) is 0 Å². The average molecular weight is 206 g/mol. The van der Waals surface area contributed by atoms with Gasteiger partial charge in [0, 0.05) is 28.7 Å². The zero-order chi connectivity index (χ0) is 10.1. The maximum Gasteiger partial charge on any atom is 0.325 e.